The molecule has 1 unspecified atom stereocenters. The molecule has 0 spiro atoms. The van der Waals surface area contributed by atoms with Crippen LogP contribution in [-0.2, 0) is 0 Å². The maximum absolute atomic E-state index is 6.08. The molecule has 6 heteroatoms. The Morgan fingerprint density at radius 2 is 1.96 bits per heavy atom. The second kappa shape index (κ2) is 12.4. The Balaban J connectivity index is 0.00000312. The van der Waals surface area contributed by atoms with Gasteiger partial charge in [-0.05, 0) is 45.0 Å². The molecule has 0 bridgehead atoms. The van der Waals surface area contributed by atoms with Gasteiger partial charge in [-0.3, -0.25) is 4.99 Å². The molecule has 0 saturated carbocycles. The number of guanidine groups is 1. The lowest BCUT2D eigenvalue weighted by molar-refractivity contribution is 0.262. The number of para-hydroxylation sites is 1. The number of ether oxygens (including phenoxy) is 1. The number of hydrogen-bond donors (Lipinski definition) is 2. The van der Waals surface area contributed by atoms with Crippen LogP contribution in [0.2, 0.25) is 0 Å². The minimum atomic E-state index is 0. The molecule has 2 rings (SSSR count). The second-order valence-electron chi connectivity index (χ2n) is 6.33. The van der Waals surface area contributed by atoms with Crippen LogP contribution in [0.15, 0.2) is 29.3 Å². The predicted octanol–water partition coefficient (Wildman–Crippen LogP) is 3.54. The molecule has 0 radical (unpaired) electrons. The van der Waals surface area contributed by atoms with Gasteiger partial charge >= 0.3 is 0 Å². The third-order valence-electron chi connectivity index (χ3n) is 4.27. The van der Waals surface area contributed by atoms with E-state index in [-0.39, 0.29) is 30.0 Å². The van der Waals surface area contributed by atoms with Crippen molar-refractivity contribution in [1.82, 2.24) is 10.2 Å². The second-order valence-corrected chi connectivity index (χ2v) is 6.33. The summed E-state index contributed by atoms with van der Waals surface area (Å²) in [7, 11) is 0. The van der Waals surface area contributed by atoms with Gasteiger partial charge in [0.2, 0.25) is 0 Å². The van der Waals surface area contributed by atoms with Crippen molar-refractivity contribution >= 4 is 29.9 Å². The van der Waals surface area contributed by atoms with Gasteiger partial charge in [0.05, 0.1) is 12.6 Å². The summed E-state index contributed by atoms with van der Waals surface area (Å²) in [5.74, 6) is 1.48. The molecule has 0 saturated heterocycles. The molecule has 25 heavy (non-hydrogen) atoms. The van der Waals surface area contributed by atoms with Crippen molar-refractivity contribution in [3.8, 4) is 5.75 Å². The lowest BCUT2D eigenvalue weighted by atomic mass is 10.0. The molecule has 1 aliphatic rings. The van der Waals surface area contributed by atoms with Gasteiger partial charge in [0, 0.05) is 18.5 Å². The zero-order chi connectivity index (χ0) is 17.2. The monoisotopic (exact) mass is 460 g/mol. The number of benzene rings is 1. The zero-order valence-electron chi connectivity index (χ0n) is 15.5. The highest BCUT2D eigenvalue weighted by molar-refractivity contribution is 14.0. The van der Waals surface area contributed by atoms with Crippen LogP contribution in [0.3, 0.4) is 0 Å². The van der Waals surface area contributed by atoms with E-state index in [9.17, 15) is 0 Å². The largest absolute Gasteiger partial charge is 0.493 e. The average Bonchev–Trinajstić information content (AvgIpc) is 2.59. The Morgan fingerprint density at radius 3 is 2.68 bits per heavy atom. The summed E-state index contributed by atoms with van der Waals surface area (Å²) in [4.78, 5) is 7.01. The van der Waals surface area contributed by atoms with Gasteiger partial charge in [0.25, 0.3) is 0 Å². The van der Waals surface area contributed by atoms with E-state index >= 15 is 0 Å². The molecule has 0 fully saturated rings. The fourth-order valence-corrected chi connectivity index (χ4v) is 3.18. The Morgan fingerprint density at radius 1 is 1.24 bits per heavy atom. The predicted molar refractivity (Wildman–Crippen MR) is 116 cm³/mol. The van der Waals surface area contributed by atoms with Crippen LogP contribution in [0.25, 0.3) is 0 Å². The SMILES string of the molecule is CCCN(CCC)CCCN=C(N)NC1CCOc2ccccc21.I. The van der Waals surface area contributed by atoms with E-state index in [0.29, 0.717) is 12.6 Å². The number of fused-ring (bicyclic) bond motifs is 1. The Hall–Kier alpha value is -1.02. The van der Waals surface area contributed by atoms with Crippen LogP contribution in [0.5, 0.6) is 5.75 Å². The number of hydrogen-bond acceptors (Lipinski definition) is 3. The minimum Gasteiger partial charge on any atom is -0.493 e. The van der Waals surface area contributed by atoms with Gasteiger partial charge in [0.1, 0.15) is 5.75 Å². The third-order valence-corrected chi connectivity index (χ3v) is 4.27. The maximum Gasteiger partial charge on any atom is 0.189 e. The fraction of sp³-hybridized carbons (Fsp3) is 0.632. The molecule has 0 aliphatic carbocycles. The van der Waals surface area contributed by atoms with Crippen molar-refractivity contribution < 1.29 is 4.74 Å². The number of halogens is 1. The summed E-state index contributed by atoms with van der Waals surface area (Å²) >= 11 is 0. The summed E-state index contributed by atoms with van der Waals surface area (Å²) in [6.45, 7) is 9.38. The summed E-state index contributed by atoms with van der Waals surface area (Å²) in [5.41, 5.74) is 7.25. The summed E-state index contributed by atoms with van der Waals surface area (Å²) < 4.78 is 5.68. The number of rotatable bonds is 9. The first-order chi connectivity index (χ1) is 11.7. The fourth-order valence-electron chi connectivity index (χ4n) is 3.18. The molecule has 142 valence electrons. The number of nitrogens with one attached hydrogen (secondary N) is 1. The lowest BCUT2D eigenvalue weighted by Gasteiger charge is -2.27. The van der Waals surface area contributed by atoms with Crippen molar-refractivity contribution in [2.24, 2.45) is 10.7 Å². The molecular weight excluding hydrogens is 427 g/mol. The van der Waals surface area contributed by atoms with Gasteiger partial charge in [-0.15, -0.1) is 24.0 Å². The van der Waals surface area contributed by atoms with Crippen LogP contribution < -0.4 is 15.8 Å². The quantitative estimate of drug-likeness (QED) is 0.256. The highest BCUT2D eigenvalue weighted by Gasteiger charge is 2.21. The number of nitrogens with two attached hydrogens (primary N) is 1. The van der Waals surface area contributed by atoms with E-state index in [1.165, 1.54) is 31.5 Å². The van der Waals surface area contributed by atoms with Crippen molar-refractivity contribution in [2.45, 2.75) is 45.6 Å². The highest BCUT2D eigenvalue weighted by Crippen LogP contribution is 2.31. The molecule has 1 heterocycles. The van der Waals surface area contributed by atoms with Crippen molar-refractivity contribution in [2.75, 3.05) is 32.8 Å². The molecule has 1 atom stereocenters. The first kappa shape index (κ1) is 22.0. The van der Waals surface area contributed by atoms with Crippen molar-refractivity contribution in [3.63, 3.8) is 0 Å². The van der Waals surface area contributed by atoms with Gasteiger partial charge in [0.15, 0.2) is 5.96 Å². The van der Waals surface area contributed by atoms with Crippen LogP contribution >= 0.6 is 24.0 Å². The average molecular weight is 460 g/mol. The van der Waals surface area contributed by atoms with Crippen molar-refractivity contribution in [3.05, 3.63) is 29.8 Å². The lowest BCUT2D eigenvalue weighted by Crippen LogP contribution is -2.37. The van der Waals surface area contributed by atoms with Gasteiger partial charge in [-0.2, -0.15) is 0 Å². The molecule has 1 aromatic rings. The Labute approximate surface area is 169 Å². The standard InChI is InChI=1S/C19H32N4O.HI/c1-3-12-23(13-4-2)14-7-11-21-19(20)22-17-10-15-24-18-9-6-5-8-16(17)18;/h5-6,8-9,17H,3-4,7,10-15H2,1-2H3,(H3,20,21,22);1H. The molecule has 0 amide bonds. The highest BCUT2D eigenvalue weighted by atomic mass is 127. The molecular formula is C19H33IN4O. The van der Waals surface area contributed by atoms with E-state index in [1.54, 1.807) is 0 Å². The maximum atomic E-state index is 6.08. The summed E-state index contributed by atoms with van der Waals surface area (Å²) in [6, 6.07) is 8.32. The minimum absolute atomic E-state index is 0. The first-order valence-electron chi connectivity index (χ1n) is 9.25. The van der Waals surface area contributed by atoms with Gasteiger partial charge in [-0.25, -0.2) is 0 Å². The van der Waals surface area contributed by atoms with Crippen LogP contribution in [0, 0.1) is 0 Å². The van der Waals surface area contributed by atoms with Crippen molar-refractivity contribution in [1.29, 1.82) is 0 Å². The van der Waals surface area contributed by atoms with Gasteiger partial charge < -0.3 is 20.7 Å². The summed E-state index contributed by atoms with van der Waals surface area (Å²) in [6.07, 6.45) is 4.37. The smallest absolute Gasteiger partial charge is 0.189 e. The number of aliphatic imine (C=N–C) groups is 1. The first-order valence-corrected chi connectivity index (χ1v) is 9.25. The summed E-state index contributed by atoms with van der Waals surface area (Å²) in [5, 5.41) is 3.35. The Bertz CT molecular complexity index is 518. The van der Waals surface area contributed by atoms with E-state index in [1.807, 2.05) is 18.2 Å². The van der Waals surface area contributed by atoms with E-state index < -0.39 is 0 Å². The van der Waals surface area contributed by atoms with E-state index in [4.69, 9.17) is 10.5 Å². The zero-order valence-corrected chi connectivity index (χ0v) is 17.9. The van der Waals surface area contributed by atoms with Crippen LogP contribution in [-0.4, -0.2) is 43.6 Å². The normalized spacial score (nSPS) is 16.8. The van der Waals surface area contributed by atoms with E-state index in [2.05, 4.69) is 35.1 Å². The molecule has 3 N–H and O–H groups in total. The van der Waals surface area contributed by atoms with Gasteiger partial charge in [-0.1, -0.05) is 32.0 Å². The van der Waals surface area contributed by atoms with Crippen LogP contribution in [0.4, 0.5) is 0 Å². The third kappa shape index (κ3) is 7.40. The number of nitrogens with zero attached hydrogens (tertiary/aromatic N) is 2. The van der Waals surface area contributed by atoms with E-state index in [0.717, 1.165) is 31.7 Å². The Kier molecular flexibility index (Phi) is 10.9. The molecule has 1 aromatic carbocycles. The molecule has 5 nitrogen and oxygen atoms in total. The molecule has 0 aromatic heterocycles. The topological polar surface area (TPSA) is 62.9 Å². The van der Waals surface area contributed by atoms with Crippen LogP contribution in [0.1, 0.15) is 51.1 Å². The molecule has 1 aliphatic heterocycles.